The minimum Gasteiger partial charge on any atom is -0.494 e. The number of unbranched alkanes of at least 4 members (excludes halogenated alkanes) is 1. The zero-order valence-electron chi connectivity index (χ0n) is 15.5. The second kappa shape index (κ2) is 7.69. The largest absolute Gasteiger partial charge is 0.494 e. The van der Waals surface area contributed by atoms with Gasteiger partial charge in [0.05, 0.1) is 17.9 Å². The maximum Gasteiger partial charge on any atom is 0.119 e. The highest BCUT2D eigenvalue weighted by atomic mass is 16.5. The van der Waals surface area contributed by atoms with Gasteiger partial charge in [-0.15, -0.1) is 0 Å². The molecule has 0 atom stereocenters. The number of ether oxygens (including phenoxy) is 1. The summed E-state index contributed by atoms with van der Waals surface area (Å²) in [6.45, 7) is 7.35. The smallest absolute Gasteiger partial charge is 0.119 e. The highest BCUT2D eigenvalue weighted by molar-refractivity contribution is 6.12. The standard InChI is InChI=1S/C23H27NO/c1-4-5-15-25-20-12-13-21-19(16-20)17-23(2,3)24-22(21)14-11-18-9-7-6-8-10-18/h6-14,16H,4-5,15,17H2,1-3H3/b14-11+. The van der Waals surface area contributed by atoms with Gasteiger partial charge < -0.3 is 4.74 Å². The molecule has 1 aliphatic rings. The lowest BCUT2D eigenvalue weighted by molar-refractivity contribution is 0.309. The quantitative estimate of drug-likeness (QED) is 0.621. The number of nitrogens with zero attached hydrogens (tertiary/aromatic N) is 1. The van der Waals surface area contributed by atoms with Crippen LogP contribution < -0.4 is 4.74 Å². The summed E-state index contributed by atoms with van der Waals surface area (Å²) in [6, 6.07) is 16.8. The summed E-state index contributed by atoms with van der Waals surface area (Å²) in [6.07, 6.45) is 7.45. The number of rotatable bonds is 6. The molecule has 0 saturated carbocycles. The molecule has 1 heterocycles. The molecular weight excluding hydrogens is 306 g/mol. The number of aliphatic imine (C=N–C) groups is 1. The van der Waals surface area contributed by atoms with Crippen LogP contribution in [0.25, 0.3) is 6.08 Å². The van der Waals surface area contributed by atoms with Gasteiger partial charge in [-0.05, 0) is 62.1 Å². The van der Waals surface area contributed by atoms with Crippen molar-refractivity contribution in [2.45, 2.75) is 45.6 Å². The van der Waals surface area contributed by atoms with Gasteiger partial charge >= 0.3 is 0 Å². The van der Waals surface area contributed by atoms with E-state index < -0.39 is 0 Å². The minimum absolute atomic E-state index is 0.0919. The van der Waals surface area contributed by atoms with E-state index in [4.69, 9.17) is 9.73 Å². The predicted molar refractivity (Wildman–Crippen MR) is 107 cm³/mol. The molecule has 0 amide bonds. The molecule has 130 valence electrons. The van der Waals surface area contributed by atoms with Gasteiger partial charge in [-0.25, -0.2) is 0 Å². The molecule has 0 aliphatic carbocycles. The Morgan fingerprint density at radius 1 is 1.08 bits per heavy atom. The third-order valence-electron chi connectivity index (χ3n) is 4.40. The second-order valence-electron chi connectivity index (χ2n) is 7.25. The molecular formula is C23H27NO. The molecule has 0 bridgehead atoms. The molecule has 3 rings (SSSR count). The lowest BCUT2D eigenvalue weighted by Gasteiger charge is -2.28. The Hall–Kier alpha value is -2.35. The Labute approximate surface area is 151 Å². The lowest BCUT2D eigenvalue weighted by atomic mass is 9.86. The zero-order chi connectivity index (χ0) is 17.7. The van der Waals surface area contributed by atoms with Crippen LogP contribution in [0, 0.1) is 0 Å². The summed E-state index contributed by atoms with van der Waals surface area (Å²) in [5.74, 6) is 0.969. The van der Waals surface area contributed by atoms with Crippen molar-refractivity contribution in [2.75, 3.05) is 6.61 Å². The van der Waals surface area contributed by atoms with Gasteiger partial charge in [0.2, 0.25) is 0 Å². The van der Waals surface area contributed by atoms with Gasteiger partial charge in [0.15, 0.2) is 0 Å². The summed E-state index contributed by atoms with van der Waals surface area (Å²) in [5, 5.41) is 0. The van der Waals surface area contributed by atoms with E-state index in [1.54, 1.807) is 0 Å². The maximum atomic E-state index is 5.89. The molecule has 2 aromatic carbocycles. The van der Waals surface area contributed by atoms with E-state index in [9.17, 15) is 0 Å². The highest BCUT2D eigenvalue weighted by Crippen LogP contribution is 2.30. The topological polar surface area (TPSA) is 21.6 Å². The van der Waals surface area contributed by atoms with Crippen LogP contribution in [0.3, 0.4) is 0 Å². The van der Waals surface area contributed by atoms with Crippen LogP contribution in [0.4, 0.5) is 0 Å². The number of hydrogen-bond acceptors (Lipinski definition) is 2. The van der Waals surface area contributed by atoms with Crippen LogP contribution in [0.5, 0.6) is 5.75 Å². The van der Waals surface area contributed by atoms with Gasteiger partial charge in [0.1, 0.15) is 5.75 Å². The SMILES string of the molecule is CCCCOc1ccc2c(c1)CC(C)(C)N=C2/C=C/c1ccccc1. The normalized spacial score (nSPS) is 15.7. The number of fused-ring (bicyclic) bond motifs is 1. The molecule has 2 nitrogen and oxygen atoms in total. The Bertz CT molecular complexity index is 772. The van der Waals surface area contributed by atoms with Crippen LogP contribution in [-0.2, 0) is 6.42 Å². The number of allylic oxidation sites excluding steroid dienone is 1. The van der Waals surface area contributed by atoms with Gasteiger partial charge in [0.25, 0.3) is 0 Å². The Balaban J connectivity index is 1.87. The van der Waals surface area contributed by atoms with Gasteiger partial charge in [0, 0.05) is 5.56 Å². The fourth-order valence-electron chi connectivity index (χ4n) is 3.15. The molecule has 0 radical (unpaired) electrons. The minimum atomic E-state index is -0.0919. The highest BCUT2D eigenvalue weighted by Gasteiger charge is 2.26. The first-order chi connectivity index (χ1) is 12.1. The fourth-order valence-corrected chi connectivity index (χ4v) is 3.15. The molecule has 0 aromatic heterocycles. The summed E-state index contributed by atoms with van der Waals surface area (Å²) < 4.78 is 5.89. The van der Waals surface area contributed by atoms with Crippen molar-refractivity contribution in [1.82, 2.24) is 0 Å². The monoisotopic (exact) mass is 333 g/mol. The fraction of sp³-hybridized carbons (Fsp3) is 0.348. The third kappa shape index (κ3) is 4.60. The average molecular weight is 333 g/mol. The van der Waals surface area contributed by atoms with Crippen LogP contribution >= 0.6 is 0 Å². The Kier molecular flexibility index (Phi) is 5.37. The van der Waals surface area contributed by atoms with E-state index in [0.717, 1.165) is 37.3 Å². The first-order valence-corrected chi connectivity index (χ1v) is 9.16. The van der Waals surface area contributed by atoms with E-state index in [1.165, 1.54) is 16.7 Å². The molecule has 0 N–H and O–H groups in total. The molecule has 2 aromatic rings. The van der Waals surface area contributed by atoms with Crippen molar-refractivity contribution in [3.05, 3.63) is 71.3 Å². The van der Waals surface area contributed by atoms with Crippen molar-refractivity contribution in [1.29, 1.82) is 0 Å². The van der Waals surface area contributed by atoms with Crippen molar-refractivity contribution in [3.8, 4) is 5.75 Å². The van der Waals surface area contributed by atoms with Crippen LogP contribution in [0.15, 0.2) is 59.6 Å². The third-order valence-corrected chi connectivity index (χ3v) is 4.40. The van der Waals surface area contributed by atoms with Gasteiger partial charge in [-0.2, -0.15) is 0 Å². The molecule has 2 heteroatoms. The van der Waals surface area contributed by atoms with Gasteiger partial charge in [-0.1, -0.05) is 49.8 Å². The van der Waals surface area contributed by atoms with Crippen LogP contribution in [-0.4, -0.2) is 17.9 Å². The summed E-state index contributed by atoms with van der Waals surface area (Å²) in [5.41, 5.74) is 4.69. The summed E-state index contributed by atoms with van der Waals surface area (Å²) in [4.78, 5) is 4.96. The lowest BCUT2D eigenvalue weighted by Crippen LogP contribution is -2.28. The van der Waals surface area contributed by atoms with Crippen molar-refractivity contribution in [2.24, 2.45) is 4.99 Å². The Morgan fingerprint density at radius 2 is 1.88 bits per heavy atom. The molecule has 0 saturated heterocycles. The van der Waals surface area contributed by atoms with E-state index in [2.05, 4.69) is 75.4 Å². The molecule has 0 unspecified atom stereocenters. The second-order valence-corrected chi connectivity index (χ2v) is 7.25. The van der Waals surface area contributed by atoms with Crippen molar-refractivity contribution < 1.29 is 4.74 Å². The van der Waals surface area contributed by atoms with E-state index in [1.807, 2.05) is 6.07 Å². The van der Waals surface area contributed by atoms with Gasteiger partial charge in [-0.3, -0.25) is 4.99 Å². The molecule has 0 fully saturated rings. The average Bonchev–Trinajstić information content (AvgIpc) is 2.59. The van der Waals surface area contributed by atoms with E-state index >= 15 is 0 Å². The molecule has 25 heavy (non-hydrogen) atoms. The van der Waals surface area contributed by atoms with Crippen LogP contribution in [0.2, 0.25) is 0 Å². The summed E-state index contributed by atoms with van der Waals surface area (Å²) >= 11 is 0. The van der Waals surface area contributed by atoms with Crippen molar-refractivity contribution in [3.63, 3.8) is 0 Å². The number of benzene rings is 2. The first-order valence-electron chi connectivity index (χ1n) is 9.16. The summed E-state index contributed by atoms with van der Waals surface area (Å²) in [7, 11) is 0. The predicted octanol–water partition coefficient (Wildman–Crippen LogP) is 5.70. The number of hydrogen-bond donors (Lipinski definition) is 0. The van der Waals surface area contributed by atoms with E-state index in [0.29, 0.717) is 0 Å². The van der Waals surface area contributed by atoms with E-state index in [-0.39, 0.29) is 5.54 Å². The molecule has 0 spiro atoms. The van der Waals surface area contributed by atoms with Crippen LogP contribution in [0.1, 0.15) is 50.3 Å². The zero-order valence-corrected chi connectivity index (χ0v) is 15.5. The first kappa shape index (κ1) is 17.5. The Morgan fingerprint density at radius 3 is 2.64 bits per heavy atom. The maximum absolute atomic E-state index is 5.89. The molecule has 1 aliphatic heterocycles. The van der Waals surface area contributed by atoms with Crippen molar-refractivity contribution >= 4 is 11.8 Å².